The lowest BCUT2D eigenvalue weighted by Crippen LogP contribution is -2.35. The predicted octanol–water partition coefficient (Wildman–Crippen LogP) is 2.62. The maximum absolute atomic E-state index is 6.27. The summed E-state index contributed by atoms with van der Waals surface area (Å²) in [5, 5.41) is 0. The Morgan fingerprint density at radius 1 is 1.10 bits per heavy atom. The first-order valence-electron chi connectivity index (χ1n) is 7.67. The fourth-order valence-corrected chi connectivity index (χ4v) is 3.42. The van der Waals surface area contributed by atoms with Crippen LogP contribution in [0.1, 0.15) is 44.4 Å². The van der Waals surface area contributed by atoms with E-state index in [9.17, 15) is 0 Å². The van der Waals surface area contributed by atoms with Crippen LogP contribution in [-0.4, -0.2) is 24.9 Å². The minimum absolute atomic E-state index is 0.175. The normalized spacial score (nSPS) is 23.3. The molecule has 0 fully saturated rings. The van der Waals surface area contributed by atoms with Gasteiger partial charge in [0.1, 0.15) is 18.0 Å². The Morgan fingerprint density at radius 2 is 1.67 bits per heavy atom. The van der Waals surface area contributed by atoms with Crippen molar-refractivity contribution in [2.45, 2.75) is 64.7 Å². The van der Waals surface area contributed by atoms with Gasteiger partial charge >= 0.3 is 0 Å². The fourth-order valence-electron chi connectivity index (χ4n) is 3.42. The summed E-state index contributed by atoms with van der Waals surface area (Å²) < 4.78 is 17.8. The number of hydrogen-bond donors (Lipinski definition) is 1. The Morgan fingerprint density at radius 3 is 2.24 bits per heavy atom. The number of rotatable bonds is 3. The Kier molecular flexibility index (Phi) is 3.32. The highest BCUT2D eigenvalue weighted by molar-refractivity contribution is 5.66. The molecule has 1 aromatic carbocycles. The van der Waals surface area contributed by atoms with Gasteiger partial charge in [-0.15, -0.1) is 0 Å². The monoisotopic (exact) mass is 291 g/mol. The van der Waals surface area contributed by atoms with Crippen molar-refractivity contribution >= 4 is 0 Å². The van der Waals surface area contributed by atoms with Gasteiger partial charge in [0.15, 0.2) is 11.5 Å². The molecular formula is C17H25NO3. The Balaban J connectivity index is 2.20. The molecular weight excluding hydrogens is 266 g/mol. The third-order valence-electron chi connectivity index (χ3n) is 4.12. The second-order valence-corrected chi connectivity index (χ2v) is 7.06. The van der Waals surface area contributed by atoms with Crippen LogP contribution in [0.2, 0.25) is 0 Å². The van der Waals surface area contributed by atoms with E-state index < -0.39 is 0 Å². The molecule has 2 N–H and O–H groups in total. The molecule has 2 aliphatic rings. The first-order valence-corrected chi connectivity index (χ1v) is 7.67. The van der Waals surface area contributed by atoms with Crippen LogP contribution in [0.25, 0.3) is 0 Å². The number of ether oxygens (including phenoxy) is 3. The summed E-state index contributed by atoms with van der Waals surface area (Å²) in [4.78, 5) is 0. The molecule has 116 valence electrons. The Labute approximate surface area is 126 Å². The molecule has 21 heavy (non-hydrogen) atoms. The van der Waals surface area contributed by atoms with Gasteiger partial charge in [-0.1, -0.05) is 0 Å². The van der Waals surface area contributed by atoms with Crippen molar-refractivity contribution in [1.29, 1.82) is 0 Å². The molecule has 1 aromatic rings. The maximum Gasteiger partial charge on any atom is 0.168 e. The van der Waals surface area contributed by atoms with Gasteiger partial charge < -0.3 is 19.9 Å². The highest BCUT2D eigenvalue weighted by atomic mass is 16.5. The number of hydrogen-bond acceptors (Lipinski definition) is 4. The predicted molar refractivity (Wildman–Crippen MR) is 82.6 cm³/mol. The highest BCUT2D eigenvalue weighted by Crippen LogP contribution is 2.51. The van der Waals surface area contributed by atoms with Gasteiger partial charge in [0.05, 0.1) is 7.11 Å². The second kappa shape index (κ2) is 4.80. The maximum atomic E-state index is 6.27. The lowest BCUT2D eigenvalue weighted by Gasteiger charge is -2.23. The molecule has 2 heterocycles. The lowest BCUT2D eigenvalue weighted by molar-refractivity contribution is 0.242. The van der Waals surface area contributed by atoms with Crippen molar-refractivity contribution in [1.82, 2.24) is 0 Å². The third kappa shape index (κ3) is 2.46. The highest BCUT2D eigenvalue weighted by Gasteiger charge is 2.37. The number of fused-ring (bicyclic) bond motifs is 2. The van der Waals surface area contributed by atoms with Crippen LogP contribution in [-0.2, 0) is 19.3 Å². The van der Waals surface area contributed by atoms with Crippen molar-refractivity contribution < 1.29 is 14.2 Å². The van der Waals surface area contributed by atoms with Crippen molar-refractivity contribution in [2.75, 3.05) is 7.11 Å². The molecule has 0 radical (unpaired) electrons. The Hall–Kier alpha value is -1.42. The molecule has 0 spiro atoms. The van der Waals surface area contributed by atoms with E-state index in [2.05, 4.69) is 13.8 Å². The lowest BCUT2D eigenvalue weighted by atomic mass is 9.88. The van der Waals surface area contributed by atoms with E-state index in [0.717, 1.165) is 42.1 Å². The van der Waals surface area contributed by atoms with Gasteiger partial charge in [0.2, 0.25) is 0 Å². The van der Waals surface area contributed by atoms with Crippen molar-refractivity contribution in [3.63, 3.8) is 0 Å². The Bertz CT molecular complexity index is 535. The molecule has 0 saturated carbocycles. The van der Waals surface area contributed by atoms with Gasteiger partial charge in [-0.3, -0.25) is 0 Å². The van der Waals surface area contributed by atoms with E-state index in [1.807, 2.05) is 13.8 Å². The van der Waals surface area contributed by atoms with E-state index in [1.165, 1.54) is 11.1 Å². The molecule has 3 rings (SSSR count). The zero-order chi connectivity index (χ0) is 15.4. The second-order valence-electron chi connectivity index (χ2n) is 7.06. The summed E-state index contributed by atoms with van der Waals surface area (Å²) in [6.45, 7) is 8.28. The van der Waals surface area contributed by atoms with E-state index in [1.54, 1.807) is 7.11 Å². The van der Waals surface area contributed by atoms with Crippen molar-refractivity contribution in [3.05, 3.63) is 16.7 Å². The molecule has 2 unspecified atom stereocenters. The zero-order valence-electron chi connectivity index (χ0n) is 13.6. The molecule has 2 aliphatic heterocycles. The van der Waals surface area contributed by atoms with Crippen LogP contribution in [0.4, 0.5) is 0 Å². The zero-order valence-corrected chi connectivity index (χ0v) is 13.6. The molecule has 4 nitrogen and oxygen atoms in total. The van der Waals surface area contributed by atoms with Gasteiger partial charge in [-0.05, 0) is 34.1 Å². The first kappa shape index (κ1) is 14.5. The summed E-state index contributed by atoms with van der Waals surface area (Å²) in [7, 11) is 1.71. The van der Waals surface area contributed by atoms with Gasteiger partial charge in [-0.25, -0.2) is 0 Å². The largest absolute Gasteiger partial charge is 0.492 e. The molecule has 0 aliphatic carbocycles. The topological polar surface area (TPSA) is 53.7 Å². The number of nitrogens with two attached hydrogens (primary N) is 1. The standard InChI is InChI=1S/C17H25NO3/c1-9-6-11-13(8-17(3,4)18)14-12(7-10(2)20-14)15(19-5)16(11)21-9/h9-10H,6-8,18H2,1-5H3. The van der Waals surface area contributed by atoms with Crippen LogP contribution < -0.4 is 19.9 Å². The summed E-state index contributed by atoms with van der Waals surface area (Å²) in [6, 6.07) is 0. The minimum Gasteiger partial charge on any atom is -0.492 e. The summed E-state index contributed by atoms with van der Waals surface area (Å²) in [5.41, 5.74) is 9.55. The van der Waals surface area contributed by atoms with Crippen LogP contribution in [0.15, 0.2) is 0 Å². The molecule has 0 amide bonds. The first-order chi connectivity index (χ1) is 9.80. The fraction of sp³-hybridized carbons (Fsp3) is 0.647. The third-order valence-corrected chi connectivity index (χ3v) is 4.12. The molecule has 4 heteroatoms. The summed E-state index contributed by atoms with van der Waals surface area (Å²) >= 11 is 0. The molecule has 0 saturated heterocycles. The van der Waals surface area contributed by atoms with Gasteiger partial charge in [-0.2, -0.15) is 0 Å². The average molecular weight is 291 g/mol. The van der Waals surface area contributed by atoms with Crippen LogP contribution in [0, 0.1) is 0 Å². The summed E-state index contributed by atoms with van der Waals surface area (Å²) in [6.07, 6.45) is 2.88. The van der Waals surface area contributed by atoms with E-state index in [4.69, 9.17) is 19.9 Å². The van der Waals surface area contributed by atoms with Crippen molar-refractivity contribution in [3.8, 4) is 17.2 Å². The SMILES string of the molecule is COc1c2c(c(CC(C)(C)N)c3c1OC(C)C3)OC(C)C2. The number of benzene rings is 1. The minimum atomic E-state index is -0.281. The molecule has 0 bridgehead atoms. The van der Waals surface area contributed by atoms with E-state index >= 15 is 0 Å². The summed E-state index contributed by atoms with van der Waals surface area (Å²) in [5.74, 6) is 2.74. The average Bonchev–Trinajstić information content (AvgIpc) is 2.90. The van der Waals surface area contributed by atoms with Crippen LogP contribution in [0.3, 0.4) is 0 Å². The van der Waals surface area contributed by atoms with Crippen LogP contribution in [0.5, 0.6) is 17.2 Å². The van der Waals surface area contributed by atoms with Crippen LogP contribution >= 0.6 is 0 Å². The van der Waals surface area contributed by atoms with Crippen molar-refractivity contribution in [2.24, 2.45) is 5.73 Å². The van der Waals surface area contributed by atoms with E-state index in [-0.39, 0.29) is 17.7 Å². The number of methoxy groups -OCH3 is 1. The van der Waals surface area contributed by atoms with E-state index in [0.29, 0.717) is 0 Å². The smallest absolute Gasteiger partial charge is 0.168 e. The van der Waals surface area contributed by atoms with Gasteiger partial charge in [0.25, 0.3) is 0 Å². The van der Waals surface area contributed by atoms with Gasteiger partial charge in [0, 0.05) is 35.1 Å². The molecule has 0 aromatic heterocycles. The molecule has 2 atom stereocenters. The quantitative estimate of drug-likeness (QED) is 0.930.